The molecular weight excluding hydrogens is 653 g/mol. The Balaban J connectivity index is 0.00000133. The minimum Gasteiger partial charge on any atom is -0.358 e. The number of benzene rings is 4. The van der Waals surface area contributed by atoms with E-state index in [-0.39, 0.29) is 52.3 Å². The Hall–Kier alpha value is -2.95. The van der Waals surface area contributed by atoms with Crippen molar-refractivity contribution in [3.05, 3.63) is 136 Å². The molecule has 0 fully saturated rings. The third kappa shape index (κ3) is 5.17. The van der Waals surface area contributed by atoms with E-state index in [1.54, 1.807) is 0 Å². The molecule has 6 aromatic carbocycles. The fraction of sp³-hybridized carbons (Fsp3) is 0.0588. The molecule has 0 aromatic heterocycles. The molecule has 0 aliphatic carbocycles. The molecule has 0 N–H and O–H groups in total. The second-order valence-electron chi connectivity index (χ2n) is 9.74. The SMILES string of the molecule is C[Si](C)(c1cc2c(-c3ccc(F)cc3)cccc2[cH-]1)c1cc2c(-c3ccc(F)cc3)cccc2[cH-]1.[CH3-].[CH3-].[Hf+4]. The van der Waals surface area contributed by atoms with E-state index >= 15 is 0 Å². The summed E-state index contributed by atoms with van der Waals surface area (Å²) in [6.07, 6.45) is 0. The van der Waals surface area contributed by atoms with Gasteiger partial charge in [0, 0.05) is 0 Å². The van der Waals surface area contributed by atoms with Crippen LogP contribution in [-0.2, 0) is 25.8 Å². The van der Waals surface area contributed by atoms with Gasteiger partial charge in [-0.2, -0.15) is 12.1 Å². The maximum absolute atomic E-state index is 13.5. The first-order chi connectivity index (χ1) is 16.9. The van der Waals surface area contributed by atoms with Crippen molar-refractivity contribution in [1.82, 2.24) is 0 Å². The summed E-state index contributed by atoms with van der Waals surface area (Å²) in [6.45, 7) is 4.79. The summed E-state index contributed by atoms with van der Waals surface area (Å²) in [5.41, 5.74) is 4.31. The Kier molecular flexibility index (Phi) is 8.90. The van der Waals surface area contributed by atoms with Gasteiger partial charge < -0.3 is 14.9 Å². The van der Waals surface area contributed by atoms with Crippen molar-refractivity contribution in [2.45, 2.75) is 13.1 Å². The number of fused-ring (bicyclic) bond motifs is 2. The molecule has 0 nitrogen and oxygen atoms in total. The van der Waals surface area contributed by atoms with Crippen molar-refractivity contribution in [2.75, 3.05) is 0 Å². The molecule has 0 spiro atoms. The number of rotatable bonds is 4. The summed E-state index contributed by atoms with van der Waals surface area (Å²) in [7, 11) is -2.01. The van der Waals surface area contributed by atoms with Crippen molar-refractivity contribution in [3.63, 3.8) is 0 Å². The Morgan fingerprint density at radius 3 is 1.29 bits per heavy atom. The van der Waals surface area contributed by atoms with Crippen molar-refractivity contribution in [2.24, 2.45) is 0 Å². The summed E-state index contributed by atoms with van der Waals surface area (Å²) in [4.78, 5) is 0. The van der Waals surface area contributed by atoms with E-state index in [0.29, 0.717) is 0 Å². The maximum Gasteiger partial charge on any atom is 4.00 e. The quantitative estimate of drug-likeness (QED) is 0.129. The fourth-order valence-electron chi connectivity index (χ4n) is 5.12. The molecule has 0 radical (unpaired) electrons. The van der Waals surface area contributed by atoms with Crippen molar-refractivity contribution in [3.8, 4) is 22.3 Å². The van der Waals surface area contributed by atoms with Gasteiger partial charge in [0.25, 0.3) is 0 Å². The average Bonchev–Trinajstić information content (AvgIpc) is 3.50. The zero-order valence-corrected chi connectivity index (χ0v) is 26.7. The molecule has 6 aromatic rings. The fourth-order valence-corrected chi connectivity index (χ4v) is 7.50. The standard InChI is InChI=1S/C32H24F2Si.2CH3.Hf/c1-35(2,27-17-23-5-3-7-29(31(23)19-27)21-9-13-25(33)14-10-21)28-18-24-6-4-8-30(32(24)20-28)22-11-15-26(34)16-12-22;;;/h3-20H,1-2H3;2*1H3;/q-2;2*-1;+4. The summed E-state index contributed by atoms with van der Waals surface area (Å²) in [5.74, 6) is -0.443. The van der Waals surface area contributed by atoms with Crippen LogP contribution in [0.15, 0.2) is 109 Å². The van der Waals surface area contributed by atoms with Crippen molar-refractivity contribution in [1.29, 1.82) is 0 Å². The number of hydrogen-bond donors (Lipinski definition) is 0. The summed E-state index contributed by atoms with van der Waals surface area (Å²) in [6, 6.07) is 35.5. The van der Waals surface area contributed by atoms with Crippen LogP contribution in [0.25, 0.3) is 43.8 Å². The first-order valence-electron chi connectivity index (χ1n) is 11.8. The number of halogens is 2. The molecule has 0 bridgehead atoms. The molecule has 0 atom stereocenters. The van der Waals surface area contributed by atoms with Crippen LogP contribution in [0, 0.1) is 26.5 Å². The van der Waals surface area contributed by atoms with Crippen LogP contribution in [0.3, 0.4) is 0 Å². The van der Waals surface area contributed by atoms with Gasteiger partial charge >= 0.3 is 25.8 Å². The van der Waals surface area contributed by atoms with E-state index in [4.69, 9.17) is 0 Å². The van der Waals surface area contributed by atoms with Gasteiger partial charge in [-0.05, 0) is 35.4 Å². The smallest absolute Gasteiger partial charge is 0.358 e. The predicted octanol–water partition coefficient (Wildman–Crippen LogP) is 8.76. The molecule has 0 saturated carbocycles. The van der Waals surface area contributed by atoms with Gasteiger partial charge in [0.2, 0.25) is 0 Å². The summed E-state index contributed by atoms with van der Waals surface area (Å²) < 4.78 is 27.0. The third-order valence-corrected chi connectivity index (χ3v) is 10.7. The molecule has 0 aliphatic rings. The molecule has 0 heterocycles. The van der Waals surface area contributed by atoms with Gasteiger partial charge in [-0.3, -0.25) is 0 Å². The Labute approximate surface area is 244 Å². The second-order valence-corrected chi connectivity index (χ2v) is 14.1. The van der Waals surface area contributed by atoms with Crippen LogP contribution in [0.2, 0.25) is 13.1 Å². The van der Waals surface area contributed by atoms with Gasteiger partial charge in [0.15, 0.2) is 0 Å². The normalized spacial score (nSPS) is 11.1. The van der Waals surface area contributed by atoms with E-state index in [2.05, 4.69) is 73.8 Å². The molecular formula is C34H30F2HfSi. The Bertz CT molecular complexity index is 1550. The van der Waals surface area contributed by atoms with Crippen LogP contribution in [-0.4, -0.2) is 8.07 Å². The van der Waals surface area contributed by atoms with Crippen molar-refractivity contribution < 1.29 is 34.6 Å². The van der Waals surface area contributed by atoms with E-state index in [1.165, 1.54) is 56.2 Å². The molecule has 0 saturated heterocycles. The first-order valence-corrected chi connectivity index (χ1v) is 14.8. The largest absolute Gasteiger partial charge is 4.00 e. The monoisotopic (exact) mass is 684 g/mol. The Morgan fingerprint density at radius 2 is 0.921 bits per heavy atom. The van der Waals surface area contributed by atoms with Crippen LogP contribution in [0.4, 0.5) is 8.78 Å². The van der Waals surface area contributed by atoms with E-state index in [9.17, 15) is 8.78 Å². The van der Waals surface area contributed by atoms with Gasteiger partial charge in [0.05, 0.1) is 8.07 Å². The summed E-state index contributed by atoms with van der Waals surface area (Å²) >= 11 is 0. The molecule has 188 valence electrons. The molecule has 0 aliphatic heterocycles. The molecule has 4 heteroatoms. The van der Waals surface area contributed by atoms with Crippen LogP contribution < -0.4 is 10.4 Å². The van der Waals surface area contributed by atoms with E-state index < -0.39 is 8.07 Å². The predicted molar refractivity (Wildman–Crippen MR) is 159 cm³/mol. The van der Waals surface area contributed by atoms with Gasteiger partial charge in [-0.25, -0.2) is 8.78 Å². The molecule has 6 rings (SSSR count). The second kappa shape index (κ2) is 11.4. The van der Waals surface area contributed by atoms with Crippen molar-refractivity contribution >= 4 is 40.0 Å². The van der Waals surface area contributed by atoms with Gasteiger partial charge in [-0.1, -0.05) is 60.6 Å². The van der Waals surface area contributed by atoms with Crippen LogP contribution >= 0.6 is 0 Å². The topological polar surface area (TPSA) is 0 Å². The molecule has 0 amide bonds. The maximum atomic E-state index is 13.5. The minimum absolute atomic E-state index is 0. The van der Waals surface area contributed by atoms with Crippen LogP contribution in [0.5, 0.6) is 0 Å². The third-order valence-electron chi connectivity index (χ3n) is 7.26. The first kappa shape index (κ1) is 29.6. The molecule has 38 heavy (non-hydrogen) atoms. The average molecular weight is 683 g/mol. The molecule has 0 unspecified atom stereocenters. The zero-order valence-electron chi connectivity index (χ0n) is 22.1. The van der Waals surface area contributed by atoms with Gasteiger partial charge in [0.1, 0.15) is 11.6 Å². The van der Waals surface area contributed by atoms with E-state index in [0.717, 1.165) is 22.3 Å². The Morgan fingerprint density at radius 1 is 0.553 bits per heavy atom. The van der Waals surface area contributed by atoms with E-state index in [1.807, 2.05) is 24.3 Å². The zero-order chi connectivity index (χ0) is 24.2. The minimum atomic E-state index is -2.01. The number of hydrogen-bond acceptors (Lipinski definition) is 0. The van der Waals surface area contributed by atoms with Gasteiger partial charge in [-0.15, -0.1) is 68.3 Å². The summed E-state index contributed by atoms with van der Waals surface area (Å²) in [5, 5.41) is 7.59. The van der Waals surface area contributed by atoms with Crippen LogP contribution in [0.1, 0.15) is 0 Å².